The molecule has 4 N–H and O–H groups in total. The molecule has 0 radical (unpaired) electrons. The molecule has 0 amide bonds. The maximum atomic E-state index is 9.67. The number of hydrogen-bond donors (Lipinski definition) is 4. The van der Waals surface area contributed by atoms with Gasteiger partial charge in [-0.3, -0.25) is 0 Å². The molecule has 3 atom stereocenters. The summed E-state index contributed by atoms with van der Waals surface area (Å²) in [4.78, 5) is 0. The summed E-state index contributed by atoms with van der Waals surface area (Å²) in [5.74, 6) is 0.678. The first-order valence-corrected chi connectivity index (χ1v) is 6.62. The fourth-order valence-corrected chi connectivity index (χ4v) is 1.75. The molecular formula is C13H28O4. The lowest BCUT2D eigenvalue weighted by Gasteiger charge is -2.18. The van der Waals surface area contributed by atoms with E-state index in [2.05, 4.69) is 13.8 Å². The number of unbranched alkanes of at least 4 members (excludes halogenated alkanes) is 1. The standard InChI is InChI=1S/C13H28O4/c1-10(2)5-3-4-6-12(16)13(17)8-7-11(15)9-14/h10-17H,3-9H2,1-2H3. The highest BCUT2D eigenvalue weighted by Gasteiger charge is 2.17. The van der Waals surface area contributed by atoms with E-state index in [1.807, 2.05) is 0 Å². The molecule has 0 aliphatic heterocycles. The fourth-order valence-electron chi connectivity index (χ4n) is 1.75. The molecule has 104 valence electrons. The van der Waals surface area contributed by atoms with Gasteiger partial charge in [0, 0.05) is 0 Å². The van der Waals surface area contributed by atoms with Crippen LogP contribution < -0.4 is 0 Å². The molecule has 0 aromatic rings. The topological polar surface area (TPSA) is 80.9 Å². The van der Waals surface area contributed by atoms with E-state index in [0.29, 0.717) is 25.2 Å². The Balaban J connectivity index is 3.56. The van der Waals surface area contributed by atoms with Crippen LogP contribution in [0, 0.1) is 5.92 Å². The van der Waals surface area contributed by atoms with Crippen LogP contribution >= 0.6 is 0 Å². The third kappa shape index (κ3) is 9.53. The summed E-state index contributed by atoms with van der Waals surface area (Å²) in [5.41, 5.74) is 0. The Labute approximate surface area is 104 Å². The zero-order valence-electron chi connectivity index (χ0n) is 11.0. The van der Waals surface area contributed by atoms with E-state index >= 15 is 0 Å². The summed E-state index contributed by atoms with van der Waals surface area (Å²) in [6, 6.07) is 0. The van der Waals surface area contributed by atoms with E-state index in [9.17, 15) is 10.2 Å². The minimum Gasteiger partial charge on any atom is -0.394 e. The summed E-state index contributed by atoms with van der Waals surface area (Å²) >= 11 is 0. The minimum absolute atomic E-state index is 0.294. The van der Waals surface area contributed by atoms with Gasteiger partial charge in [-0.1, -0.05) is 33.1 Å². The molecule has 4 heteroatoms. The number of rotatable bonds is 10. The Morgan fingerprint density at radius 2 is 1.29 bits per heavy atom. The van der Waals surface area contributed by atoms with Crippen molar-refractivity contribution in [1.82, 2.24) is 0 Å². The van der Waals surface area contributed by atoms with Crippen molar-refractivity contribution in [3.63, 3.8) is 0 Å². The fraction of sp³-hybridized carbons (Fsp3) is 1.00. The lowest BCUT2D eigenvalue weighted by molar-refractivity contribution is -0.00443. The summed E-state index contributed by atoms with van der Waals surface area (Å²) in [7, 11) is 0. The maximum absolute atomic E-state index is 9.67. The van der Waals surface area contributed by atoms with Crippen LogP contribution in [0.15, 0.2) is 0 Å². The van der Waals surface area contributed by atoms with Crippen molar-refractivity contribution in [2.24, 2.45) is 5.92 Å². The van der Waals surface area contributed by atoms with Crippen LogP contribution in [0.25, 0.3) is 0 Å². The van der Waals surface area contributed by atoms with E-state index in [-0.39, 0.29) is 6.61 Å². The highest BCUT2D eigenvalue weighted by molar-refractivity contribution is 4.69. The van der Waals surface area contributed by atoms with Gasteiger partial charge in [0.1, 0.15) is 0 Å². The normalized spacial score (nSPS) is 17.1. The maximum Gasteiger partial charge on any atom is 0.0800 e. The van der Waals surface area contributed by atoms with E-state index in [0.717, 1.165) is 19.3 Å². The third-order valence-corrected chi connectivity index (χ3v) is 2.98. The molecule has 0 aliphatic carbocycles. The highest BCUT2D eigenvalue weighted by Crippen LogP contribution is 2.14. The van der Waals surface area contributed by atoms with Crippen molar-refractivity contribution in [2.75, 3.05) is 6.61 Å². The van der Waals surface area contributed by atoms with E-state index in [1.165, 1.54) is 0 Å². The van der Waals surface area contributed by atoms with Crippen molar-refractivity contribution in [1.29, 1.82) is 0 Å². The van der Waals surface area contributed by atoms with Crippen molar-refractivity contribution in [2.45, 2.75) is 70.7 Å². The SMILES string of the molecule is CC(C)CCCCC(O)C(O)CCC(O)CO. The summed E-state index contributed by atoms with van der Waals surface area (Å²) in [5, 5.41) is 37.0. The van der Waals surface area contributed by atoms with Gasteiger partial charge in [-0.2, -0.15) is 0 Å². The molecule has 0 rings (SSSR count). The van der Waals surface area contributed by atoms with Gasteiger partial charge in [-0.05, 0) is 25.2 Å². The monoisotopic (exact) mass is 248 g/mol. The summed E-state index contributed by atoms with van der Waals surface area (Å²) < 4.78 is 0. The molecule has 0 bridgehead atoms. The highest BCUT2D eigenvalue weighted by atomic mass is 16.3. The molecule has 0 aromatic heterocycles. The van der Waals surface area contributed by atoms with Crippen LogP contribution in [0.3, 0.4) is 0 Å². The van der Waals surface area contributed by atoms with Crippen molar-refractivity contribution in [3.05, 3.63) is 0 Å². The number of hydrogen-bond acceptors (Lipinski definition) is 4. The zero-order valence-corrected chi connectivity index (χ0v) is 11.0. The molecule has 4 nitrogen and oxygen atoms in total. The van der Waals surface area contributed by atoms with Gasteiger partial charge in [-0.15, -0.1) is 0 Å². The van der Waals surface area contributed by atoms with Crippen LogP contribution in [-0.4, -0.2) is 45.3 Å². The minimum atomic E-state index is -0.796. The number of aliphatic hydroxyl groups excluding tert-OH is 4. The van der Waals surface area contributed by atoms with Crippen molar-refractivity contribution >= 4 is 0 Å². The van der Waals surface area contributed by atoms with E-state index < -0.39 is 18.3 Å². The first-order valence-electron chi connectivity index (χ1n) is 6.62. The van der Waals surface area contributed by atoms with E-state index in [1.54, 1.807) is 0 Å². The zero-order chi connectivity index (χ0) is 13.3. The van der Waals surface area contributed by atoms with Gasteiger partial charge in [0.25, 0.3) is 0 Å². The van der Waals surface area contributed by atoms with Crippen LogP contribution in [0.5, 0.6) is 0 Å². The lowest BCUT2D eigenvalue weighted by atomic mass is 9.99. The molecule has 0 saturated heterocycles. The van der Waals surface area contributed by atoms with Gasteiger partial charge < -0.3 is 20.4 Å². The average molecular weight is 248 g/mol. The van der Waals surface area contributed by atoms with Gasteiger partial charge >= 0.3 is 0 Å². The molecule has 0 spiro atoms. The van der Waals surface area contributed by atoms with Crippen LogP contribution in [0.2, 0.25) is 0 Å². The Morgan fingerprint density at radius 1 is 0.765 bits per heavy atom. The Bertz CT molecular complexity index is 173. The lowest BCUT2D eigenvalue weighted by Crippen LogP contribution is -2.27. The Morgan fingerprint density at radius 3 is 1.82 bits per heavy atom. The summed E-state index contributed by atoms with van der Waals surface area (Å²) in [6.07, 6.45) is 2.07. The summed E-state index contributed by atoms with van der Waals surface area (Å²) in [6.45, 7) is 4.04. The Hall–Kier alpha value is -0.160. The second kappa shape index (κ2) is 9.83. The molecule has 0 aliphatic rings. The van der Waals surface area contributed by atoms with Gasteiger partial charge in [-0.25, -0.2) is 0 Å². The van der Waals surface area contributed by atoms with Gasteiger partial charge in [0.05, 0.1) is 24.9 Å². The first kappa shape index (κ1) is 16.8. The van der Waals surface area contributed by atoms with Crippen LogP contribution in [0.1, 0.15) is 52.4 Å². The van der Waals surface area contributed by atoms with Crippen molar-refractivity contribution in [3.8, 4) is 0 Å². The molecule has 0 saturated carbocycles. The number of aliphatic hydroxyl groups is 4. The van der Waals surface area contributed by atoms with Crippen LogP contribution in [0.4, 0.5) is 0 Å². The largest absolute Gasteiger partial charge is 0.394 e. The second-order valence-corrected chi connectivity index (χ2v) is 5.23. The first-order chi connectivity index (χ1) is 7.97. The molecule has 17 heavy (non-hydrogen) atoms. The predicted molar refractivity (Wildman–Crippen MR) is 67.6 cm³/mol. The molecule has 0 heterocycles. The quantitative estimate of drug-likeness (QED) is 0.436. The second-order valence-electron chi connectivity index (χ2n) is 5.23. The molecule has 0 aromatic carbocycles. The average Bonchev–Trinajstić information content (AvgIpc) is 2.30. The third-order valence-electron chi connectivity index (χ3n) is 2.98. The molecule has 0 fully saturated rings. The predicted octanol–water partition coefficient (Wildman–Crippen LogP) is 1.06. The molecule has 3 unspecified atom stereocenters. The van der Waals surface area contributed by atoms with Gasteiger partial charge in [0.2, 0.25) is 0 Å². The van der Waals surface area contributed by atoms with Gasteiger partial charge in [0.15, 0.2) is 0 Å². The van der Waals surface area contributed by atoms with Crippen LogP contribution in [-0.2, 0) is 0 Å². The smallest absolute Gasteiger partial charge is 0.0800 e. The van der Waals surface area contributed by atoms with Crippen molar-refractivity contribution < 1.29 is 20.4 Å². The van der Waals surface area contributed by atoms with E-state index in [4.69, 9.17) is 10.2 Å². The molecular weight excluding hydrogens is 220 g/mol. The Kier molecular flexibility index (Phi) is 9.74.